The Labute approximate surface area is 147 Å². The highest BCUT2D eigenvalue weighted by atomic mass is 16.5. The molecule has 25 heavy (non-hydrogen) atoms. The first-order valence-electron chi connectivity index (χ1n) is 8.01. The molecule has 2 rings (SSSR count). The van der Waals surface area contributed by atoms with Gasteiger partial charge in [-0.3, -0.25) is 0 Å². The molecule has 0 saturated carbocycles. The maximum atomic E-state index is 12.0. The van der Waals surface area contributed by atoms with Gasteiger partial charge in [0.1, 0.15) is 12.4 Å². The van der Waals surface area contributed by atoms with E-state index in [9.17, 15) is 4.79 Å². The van der Waals surface area contributed by atoms with E-state index in [1.165, 1.54) is 0 Å². The Morgan fingerprint density at radius 1 is 1.20 bits per heavy atom. The standard InChI is InChI=1S/C18H24N2O5/c1-13-10-16(22-2)17(23-3)11-15(13)20-18(21)19-7-5-8-24-12-14-6-4-9-25-14/h4,6,9-11H,5,7-8,12H2,1-3H3,(H2,19,20,21). The van der Waals surface area contributed by atoms with Crippen molar-refractivity contribution in [2.45, 2.75) is 20.0 Å². The molecule has 0 unspecified atom stereocenters. The lowest BCUT2D eigenvalue weighted by Crippen LogP contribution is -2.30. The molecular formula is C18H24N2O5. The normalized spacial score (nSPS) is 10.4. The van der Waals surface area contributed by atoms with Crippen LogP contribution < -0.4 is 20.1 Å². The van der Waals surface area contributed by atoms with Gasteiger partial charge in [0.2, 0.25) is 0 Å². The molecule has 2 amide bonds. The maximum absolute atomic E-state index is 12.0. The van der Waals surface area contributed by atoms with Crippen LogP contribution in [0.25, 0.3) is 0 Å². The number of carbonyl (C=O) groups excluding carboxylic acids is 1. The van der Waals surface area contributed by atoms with Gasteiger partial charge in [0, 0.05) is 24.9 Å². The van der Waals surface area contributed by atoms with Crippen LogP contribution in [0.2, 0.25) is 0 Å². The Balaban J connectivity index is 1.71. The molecule has 2 aromatic rings. The molecule has 7 heteroatoms. The van der Waals surface area contributed by atoms with Gasteiger partial charge in [-0.2, -0.15) is 0 Å². The highest BCUT2D eigenvalue weighted by Crippen LogP contribution is 2.32. The first-order valence-corrected chi connectivity index (χ1v) is 8.01. The van der Waals surface area contributed by atoms with Crippen molar-refractivity contribution < 1.29 is 23.4 Å². The van der Waals surface area contributed by atoms with Crippen LogP contribution in [-0.4, -0.2) is 33.4 Å². The minimum absolute atomic E-state index is 0.277. The van der Waals surface area contributed by atoms with Crippen LogP contribution in [0.1, 0.15) is 17.7 Å². The Hall–Kier alpha value is -2.67. The first-order chi connectivity index (χ1) is 12.1. The summed E-state index contributed by atoms with van der Waals surface area (Å²) >= 11 is 0. The topological polar surface area (TPSA) is 82.0 Å². The van der Waals surface area contributed by atoms with Crippen molar-refractivity contribution in [1.29, 1.82) is 0 Å². The second-order valence-corrected chi connectivity index (χ2v) is 5.39. The number of amides is 2. The number of carbonyl (C=O) groups is 1. The number of hydrogen-bond donors (Lipinski definition) is 2. The third-order valence-corrected chi connectivity index (χ3v) is 3.55. The highest BCUT2D eigenvalue weighted by Gasteiger charge is 2.10. The molecule has 1 aromatic carbocycles. The van der Waals surface area contributed by atoms with Crippen LogP contribution in [0, 0.1) is 6.92 Å². The van der Waals surface area contributed by atoms with Gasteiger partial charge in [-0.15, -0.1) is 0 Å². The fourth-order valence-corrected chi connectivity index (χ4v) is 2.23. The molecule has 0 aliphatic heterocycles. The molecule has 0 radical (unpaired) electrons. The van der Waals surface area contributed by atoms with Gasteiger partial charge in [0.15, 0.2) is 11.5 Å². The summed E-state index contributed by atoms with van der Waals surface area (Å²) in [6.07, 6.45) is 2.32. The van der Waals surface area contributed by atoms with E-state index in [-0.39, 0.29) is 6.03 Å². The van der Waals surface area contributed by atoms with E-state index in [0.717, 1.165) is 11.3 Å². The summed E-state index contributed by atoms with van der Waals surface area (Å²) in [4.78, 5) is 12.0. The lowest BCUT2D eigenvalue weighted by molar-refractivity contribution is 0.104. The van der Waals surface area contributed by atoms with E-state index in [0.29, 0.717) is 43.4 Å². The van der Waals surface area contributed by atoms with Crippen LogP contribution in [-0.2, 0) is 11.3 Å². The van der Waals surface area contributed by atoms with Gasteiger partial charge < -0.3 is 29.3 Å². The van der Waals surface area contributed by atoms with Crippen LogP contribution in [0.3, 0.4) is 0 Å². The second kappa shape index (κ2) is 9.58. The van der Waals surface area contributed by atoms with E-state index in [2.05, 4.69) is 10.6 Å². The number of methoxy groups -OCH3 is 2. The van der Waals surface area contributed by atoms with Crippen molar-refractivity contribution >= 4 is 11.7 Å². The lowest BCUT2D eigenvalue weighted by atomic mass is 10.1. The molecule has 0 aliphatic rings. The predicted molar refractivity (Wildman–Crippen MR) is 94.3 cm³/mol. The van der Waals surface area contributed by atoms with Crippen molar-refractivity contribution in [2.75, 3.05) is 32.7 Å². The fourth-order valence-electron chi connectivity index (χ4n) is 2.23. The van der Waals surface area contributed by atoms with Gasteiger partial charge >= 0.3 is 6.03 Å². The molecule has 0 spiro atoms. The van der Waals surface area contributed by atoms with Crippen molar-refractivity contribution in [2.24, 2.45) is 0 Å². The Morgan fingerprint density at radius 2 is 1.96 bits per heavy atom. The number of urea groups is 1. The number of aryl methyl sites for hydroxylation is 1. The van der Waals surface area contributed by atoms with E-state index < -0.39 is 0 Å². The summed E-state index contributed by atoms with van der Waals surface area (Å²) < 4.78 is 21.1. The number of rotatable bonds is 9. The Kier molecular flexibility index (Phi) is 7.16. The molecule has 7 nitrogen and oxygen atoms in total. The number of hydrogen-bond acceptors (Lipinski definition) is 5. The van der Waals surface area contributed by atoms with Gasteiger partial charge in [0.05, 0.1) is 20.5 Å². The zero-order valence-corrected chi connectivity index (χ0v) is 14.8. The average Bonchev–Trinajstić information content (AvgIpc) is 3.12. The van der Waals surface area contributed by atoms with Gasteiger partial charge in [0.25, 0.3) is 0 Å². The van der Waals surface area contributed by atoms with Gasteiger partial charge in [-0.1, -0.05) is 0 Å². The summed E-state index contributed by atoms with van der Waals surface area (Å²) in [5.41, 5.74) is 1.55. The van der Waals surface area contributed by atoms with Gasteiger partial charge in [-0.05, 0) is 37.1 Å². The molecule has 136 valence electrons. The minimum atomic E-state index is -0.277. The first kappa shape index (κ1) is 18.7. The highest BCUT2D eigenvalue weighted by molar-refractivity contribution is 5.90. The average molecular weight is 348 g/mol. The summed E-state index contributed by atoms with van der Waals surface area (Å²) in [5, 5.41) is 5.60. The lowest BCUT2D eigenvalue weighted by Gasteiger charge is -2.14. The molecule has 1 heterocycles. The molecular weight excluding hydrogens is 324 g/mol. The van der Waals surface area contributed by atoms with Gasteiger partial charge in [-0.25, -0.2) is 4.79 Å². The SMILES string of the molecule is COc1cc(C)c(NC(=O)NCCCOCc2ccco2)cc1OC. The third kappa shape index (κ3) is 5.72. The van der Waals surface area contributed by atoms with Crippen molar-refractivity contribution in [1.82, 2.24) is 5.32 Å². The summed E-state index contributed by atoms with van der Waals surface area (Å²) in [6.45, 7) is 3.37. The molecule has 0 atom stereocenters. The van der Waals surface area contributed by atoms with E-state index in [4.69, 9.17) is 18.6 Å². The van der Waals surface area contributed by atoms with Crippen molar-refractivity contribution in [3.8, 4) is 11.5 Å². The van der Waals surface area contributed by atoms with Crippen LogP contribution in [0.5, 0.6) is 11.5 Å². The molecule has 2 N–H and O–H groups in total. The zero-order valence-electron chi connectivity index (χ0n) is 14.8. The van der Waals surface area contributed by atoms with Crippen molar-refractivity contribution in [3.05, 3.63) is 41.9 Å². The number of furan rings is 1. The maximum Gasteiger partial charge on any atom is 0.319 e. The summed E-state index contributed by atoms with van der Waals surface area (Å²) in [6, 6.07) is 6.95. The van der Waals surface area contributed by atoms with E-state index >= 15 is 0 Å². The number of benzene rings is 1. The second-order valence-electron chi connectivity index (χ2n) is 5.39. The smallest absolute Gasteiger partial charge is 0.319 e. The van der Waals surface area contributed by atoms with E-state index in [1.54, 1.807) is 26.5 Å². The van der Waals surface area contributed by atoms with E-state index in [1.807, 2.05) is 25.1 Å². The Bertz CT molecular complexity index is 670. The van der Waals surface area contributed by atoms with Crippen molar-refractivity contribution in [3.63, 3.8) is 0 Å². The predicted octanol–water partition coefficient (Wildman–Crippen LogP) is 3.33. The minimum Gasteiger partial charge on any atom is -0.493 e. The number of ether oxygens (including phenoxy) is 3. The van der Waals surface area contributed by atoms with Crippen LogP contribution in [0.15, 0.2) is 34.9 Å². The molecule has 0 saturated heterocycles. The Morgan fingerprint density at radius 3 is 2.64 bits per heavy atom. The molecule has 0 fully saturated rings. The summed E-state index contributed by atoms with van der Waals surface area (Å²) in [5.74, 6) is 1.98. The van der Waals surface area contributed by atoms with Crippen LogP contribution >= 0.6 is 0 Å². The quantitative estimate of drug-likeness (QED) is 0.679. The molecule has 1 aromatic heterocycles. The molecule has 0 bridgehead atoms. The third-order valence-electron chi connectivity index (χ3n) is 3.55. The molecule has 0 aliphatic carbocycles. The fraction of sp³-hybridized carbons (Fsp3) is 0.389. The summed E-state index contributed by atoms with van der Waals surface area (Å²) in [7, 11) is 3.13. The number of anilines is 1. The monoisotopic (exact) mass is 348 g/mol. The van der Waals surface area contributed by atoms with Crippen LogP contribution in [0.4, 0.5) is 10.5 Å². The zero-order chi connectivity index (χ0) is 18.1. The number of nitrogens with one attached hydrogen (secondary N) is 2. The largest absolute Gasteiger partial charge is 0.493 e.